The number of benzene rings is 1. The molecule has 0 atom stereocenters. The zero-order chi connectivity index (χ0) is 22.1. The second-order valence-corrected chi connectivity index (χ2v) is 6.46. The second kappa shape index (κ2) is 10.8. The predicted octanol–water partition coefficient (Wildman–Crippen LogP) is 3.89. The van der Waals surface area contributed by atoms with Crippen molar-refractivity contribution in [3.05, 3.63) is 71.7 Å². The number of aliphatic carboxylic acids is 2. The summed E-state index contributed by atoms with van der Waals surface area (Å²) in [6, 6.07) is 11.3. The van der Waals surface area contributed by atoms with E-state index in [4.69, 9.17) is 21.8 Å². The molecule has 0 radical (unpaired) electrons. The zero-order valence-corrected chi connectivity index (χ0v) is 16.9. The number of nitrogens with zero attached hydrogens (tertiary/aromatic N) is 3. The molecule has 0 aliphatic carbocycles. The van der Waals surface area contributed by atoms with E-state index in [2.05, 4.69) is 16.9 Å². The van der Waals surface area contributed by atoms with Crippen LogP contribution in [0.4, 0.5) is 5.69 Å². The highest BCUT2D eigenvalue weighted by Gasteiger charge is 2.14. The topological polar surface area (TPSA) is 113 Å². The normalized spacial score (nSPS) is 10.5. The van der Waals surface area contributed by atoms with Crippen LogP contribution in [0.15, 0.2) is 60.9 Å². The minimum Gasteiger partial charge on any atom is -0.478 e. The van der Waals surface area contributed by atoms with E-state index in [1.54, 1.807) is 12.3 Å². The third kappa shape index (κ3) is 5.92. The van der Waals surface area contributed by atoms with Crippen LogP contribution in [-0.4, -0.2) is 44.6 Å². The molecule has 3 aromatic rings. The van der Waals surface area contributed by atoms with Gasteiger partial charge in [-0.3, -0.25) is 19.5 Å². The lowest BCUT2D eigenvalue weighted by Crippen LogP contribution is -2.31. The summed E-state index contributed by atoms with van der Waals surface area (Å²) in [5, 5.41) is 19.4. The molecule has 2 aromatic heterocycles. The number of hydrogen-bond donors (Lipinski definition) is 2. The first-order valence-corrected chi connectivity index (χ1v) is 9.33. The van der Waals surface area contributed by atoms with E-state index < -0.39 is 11.9 Å². The number of anilines is 1. The minimum atomic E-state index is -1.26. The summed E-state index contributed by atoms with van der Waals surface area (Å²) < 4.78 is 1.87. The van der Waals surface area contributed by atoms with Gasteiger partial charge in [0.15, 0.2) is 6.29 Å². The van der Waals surface area contributed by atoms with Gasteiger partial charge < -0.3 is 10.2 Å². The first kappa shape index (κ1) is 22.6. The van der Waals surface area contributed by atoms with Crippen molar-refractivity contribution in [2.75, 3.05) is 11.6 Å². The number of carboxylic acid groups (broad SMARTS) is 2. The zero-order valence-electron chi connectivity index (χ0n) is 16.1. The van der Waals surface area contributed by atoms with Gasteiger partial charge >= 0.3 is 11.9 Å². The van der Waals surface area contributed by atoms with Gasteiger partial charge in [0.2, 0.25) is 0 Å². The van der Waals surface area contributed by atoms with Crippen LogP contribution in [0.3, 0.4) is 0 Å². The molecule has 30 heavy (non-hydrogen) atoms. The summed E-state index contributed by atoms with van der Waals surface area (Å²) in [7, 11) is 0. The number of carbonyl (C=O) groups excluding carboxylic acids is 1. The number of fused-ring (bicyclic) bond motifs is 1. The molecule has 2 N–H and O–H groups in total. The van der Waals surface area contributed by atoms with Gasteiger partial charge in [0.1, 0.15) is 5.69 Å². The molecule has 8 nitrogen and oxygen atoms in total. The van der Waals surface area contributed by atoms with Gasteiger partial charge in [-0.15, -0.1) is 0 Å². The molecule has 0 amide bonds. The summed E-state index contributed by atoms with van der Waals surface area (Å²) in [4.78, 5) is 34.7. The van der Waals surface area contributed by atoms with Gasteiger partial charge in [-0.25, -0.2) is 9.59 Å². The average Bonchev–Trinajstić information content (AvgIpc) is 3.19. The quantitative estimate of drug-likeness (QED) is 0.432. The monoisotopic (exact) mass is 429 g/mol. The van der Waals surface area contributed by atoms with Crippen molar-refractivity contribution in [3.8, 4) is 0 Å². The van der Waals surface area contributed by atoms with Crippen molar-refractivity contribution in [3.63, 3.8) is 0 Å². The first-order valence-electron chi connectivity index (χ1n) is 8.96. The van der Waals surface area contributed by atoms with Crippen molar-refractivity contribution in [2.24, 2.45) is 0 Å². The average molecular weight is 430 g/mol. The number of pyridine rings is 1. The lowest BCUT2D eigenvalue weighted by molar-refractivity contribution is -0.134. The highest BCUT2D eigenvalue weighted by atomic mass is 35.5. The summed E-state index contributed by atoms with van der Waals surface area (Å²) in [5.74, 6) is -2.51. The van der Waals surface area contributed by atoms with Crippen LogP contribution in [-0.2, 0) is 9.59 Å². The molecule has 0 aliphatic heterocycles. The molecule has 3 rings (SSSR count). The summed E-state index contributed by atoms with van der Waals surface area (Å²) in [6.45, 7) is 2.90. The number of halogens is 1. The van der Waals surface area contributed by atoms with E-state index in [1.807, 2.05) is 41.2 Å². The van der Waals surface area contributed by atoms with Crippen LogP contribution < -0.4 is 5.01 Å². The molecule has 2 heterocycles. The maximum Gasteiger partial charge on any atom is 0.328 e. The van der Waals surface area contributed by atoms with E-state index in [9.17, 15) is 14.4 Å². The molecule has 0 saturated heterocycles. The maximum absolute atomic E-state index is 11.3. The molecule has 0 saturated carbocycles. The fourth-order valence-electron chi connectivity index (χ4n) is 2.73. The SMILES string of the molecule is CCCN(c1ccnc2cc(Cl)ccc12)n1cccc1C=O.O=C(O)/C=C\C(=O)O. The number of aromatic nitrogens is 2. The largest absolute Gasteiger partial charge is 0.478 e. The second-order valence-electron chi connectivity index (χ2n) is 6.02. The number of carbonyl (C=O) groups is 3. The minimum absolute atomic E-state index is 0.558. The van der Waals surface area contributed by atoms with E-state index >= 15 is 0 Å². The molecular weight excluding hydrogens is 410 g/mol. The van der Waals surface area contributed by atoms with Gasteiger partial charge in [-0.2, -0.15) is 0 Å². The van der Waals surface area contributed by atoms with E-state index in [1.165, 1.54) is 0 Å². The Balaban J connectivity index is 0.000000343. The highest BCUT2D eigenvalue weighted by Crippen LogP contribution is 2.28. The molecule has 0 unspecified atom stereocenters. The molecule has 1 aromatic carbocycles. The van der Waals surface area contributed by atoms with E-state index in [-0.39, 0.29) is 0 Å². The third-order valence-electron chi connectivity index (χ3n) is 3.90. The summed E-state index contributed by atoms with van der Waals surface area (Å²) in [6.07, 6.45) is 6.59. The number of aldehydes is 1. The third-order valence-corrected chi connectivity index (χ3v) is 4.14. The molecule has 9 heteroatoms. The Kier molecular flexibility index (Phi) is 8.13. The van der Waals surface area contributed by atoms with Crippen molar-refractivity contribution in [2.45, 2.75) is 13.3 Å². The van der Waals surface area contributed by atoms with Crippen LogP contribution in [0.25, 0.3) is 10.9 Å². The highest BCUT2D eigenvalue weighted by molar-refractivity contribution is 6.31. The Morgan fingerprint density at radius 2 is 1.87 bits per heavy atom. The van der Waals surface area contributed by atoms with Crippen molar-refractivity contribution < 1.29 is 24.6 Å². The molecule has 0 bridgehead atoms. The van der Waals surface area contributed by atoms with E-state index in [0.29, 0.717) is 22.9 Å². The Bertz CT molecular complexity index is 1060. The Morgan fingerprint density at radius 1 is 1.17 bits per heavy atom. The van der Waals surface area contributed by atoms with Gasteiger partial charge in [-0.1, -0.05) is 18.5 Å². The Morgan fingerprint density at radius 3 is 2.47 bits per heavy atom. The standard InChI is InChI=1S/C17H16ClN3O.C4H4O4/c1-2-9-21(20-10-3-4-14(20)12-22)17-7-8-19-16-11-13(18)5-6-15(16)17;5-3(6)1-2-4(7)8/h3-8,10-12H,2,9H2,1H3;1-2H,(H,5,6)(H,7,8)/b;2-1-. The van der Waals surface area contributed by atoms with Gasteiger partial charge in [-0.05, 0) is 42.8 Å². The van der Waals surface area contributed by atoms with E-state index in [0.717, 1.165) is 35.8 Å². The first-order chi connectivity index (χ1) is 14.4. The molecule has 0 spiro atoms. The van der Waals surface area contributed by atoms with Crippen LogP contribution in [0.5, 0.6) is 0 Å². The Hall–Kier alpha value is -3.65. The van der Waals surface area contributed by atoms with Gasteiger partial charge in [0.05, 0.1) is 11.2 Å². The predicted molar refractivity (Wildman–Crippen MR) is 114 cm³/mol. The fraction of sp³-hybridized carbons (Fsp3) is 0.143. The van der Waals surface area contributed by atoms with Gasteiger partial charge in [0.25, 0.3) is 0 Å². The van der Waals surface area contributed by atoms with Crippen LogP contribution >= 0.6 is 11.6 Å². The van der Waals surface area contributed by atoms with Crippen LogP contribution in [0.2, 0.25) is 5.02 Å². The summed E-state index contributed by atoms with van der Waals surface area (Å²) >= 11 is 6.05. The lowest BCUT2D eigenvalue weighted by Gasteiger charge is -2.27. The smallest absolute Gasteiger partial charge is 0.328 e. The van der Waals surface area contributed by atoms with Crippen molar-refractivity contribution >= 4 is 46.4 Å². The fourth-order valence-corrected chi connectivity index (χ4v) is 2.89. The van der Waals surface area contributed by atoms with Crippen LogP contribution in [0, 0.1) is 0 Å². The van der Waals surface area contributed by atoms with Gasteiger partial charge in [0, 0.05) is 41.5 Å². The molecule has 156 valence electrons. The number of hydrogen-bond acceptors (Lipinski definition) is 5. The molecular formula is C21H20ClN3O5. The number of rotatable bonds is 7. The van der Waals surface area contributed by atoms with Crippen LogP contribution in [0.1, 0.15) is 23.8 Å². The maximum atomic E-state index is 11.3. The number of carboxylic acids is 2. The van der Waals surface area contributed by atoms with Crippen molar-refractivity contribution in [1.82, 2.24) is 9.66 Å². The molecule has 0 fully saturated rings. The molecule has 0 aliphatic rings. The Labute approximate surface area is 177 Å². The van der Waals surface area contributed by atoms with Crippen molar-refractivity contribution in [1.29, 1.82) is 0 Å². The lowest BCUT2D eigenvalue weighted by atomic mass is 10.2. The summed E-state index contributed by atoms with van der Waals surface area (Å²) in [5.41, 5.74) is 2.46.